The summed E-state index contributed by atoms with van der Waals surface area (Å²) in [6, 6.07) is 0. The molecule has 0 fully saturated rings. The van der Waals surface area contributed by atoms with Crippen molar-refractivity contribution < 1.29 is 9.83 Å². The van der Waals surface area contributed by atoms with E-state index in [4.69, 9.17) is 0 Å². The molecule has 0 spiro atoms. The fraction of sp³-hybridized carbons (Fsp3) is 0.200. The maximum Gasteiger partial charge on any atom is 0.336 e. The van der Waals surface area contributed by atoms with Crippen LogP contribution in [0.15, 0.2) is 12.2 Å². The van der Waals surface area contributed by atoms with Gasteiger partial charge in [0.25, 0.3) is 0 Å². The number of nitrogens with one attached hydrogen (secondary N) is 1. The summed E-state index contributed by atoms with van der Waals surface area (Å²) in [6.45, 7) is 4.63. The number of H-pyrrole nitrogens is 1. The molecule has 1 aromatic rings. The highest BCUT2D eigenvalue weighted by Crippen LogP contribution is 2.07. The quantitative estimate of drug-likeness (QED) is 0.389. The molecule has 0 atom stereocenters. The summed E-state index contributed by atoms with van der Waals surface area (Å²) in [5.74, 6) is -1.32. The molecule has 1 heterocycles. The molecule has 1 amide bonds. The number of nitrogens with zero attached hydrogens (tertiary/aromatic N) is 5. The lowest BCUT2D eigenvalue weighted by Crippen LogP contribution is -2.37. The van der Waals surface area contributed by atoms with Crippen molar-refractivity contribution in [3.63, 3.8) is 0 Å². The Morgan fingerprint density at radius 1 is 1.71 bits per heavy atom. The number of aromatic nitrogens is 4. The lowest BCUT2D eigenvalue weighted by molar-refractivity contribution is -0.484. The summed E-state index contributed by atoms with van der Waals surface area (Å²) in [5, 5.41) is 21.4. The van der Waals surface area contributed by atoms with E-state index < -0.39 is 16.9 Å². The minimum absolute atomic E-state index is 0.00602. The molecule has 0 saturated carbocycles. The normalized spacial score (nSPS) is 9.50. The molecule has 1 N–H and O–H groups in total. The van der Waals surface area contributed by atoms with Crippen LogP contribution in [0.2, 0.25) is 0 Å². The van der Waals surface area contributed by atoms with Gasteiger partial charge in [0, 0.05) is 10.6 Å². The van der Waals surface area contributed by atoms with Crippen molar-refractivity contribution in [2.24, 2.45) is 0 Å². The first-order valence-corrected chi connectivity index (χ1v) is 3.41. The Kier molecular flexibility index (Phi) is 2.51. The molecule has 9 nitrogen and oxygen atoms in total. The third-order valence-electron chi connectivity index (χ3n) is 1.24. The van der Waals surface area contributed by atoms with Crippen molar-refractivity contribution in [3.8, 4) is 0 Å². The number of hydrogen-bond donors (Lipinski definition) is 1. The summed E-state index contributed by atoms with van der Waals surface area (Å²) >= 11 is 0. The monoisotopic (exact) mass is 198 g/mol. The largest absolute Gasteiger partial charge is 0.336 e. The number of amides is 1. The molecule has 0 aliphatic heterocycles. The van der Waals surface area contributed by atoms with Crippen molar-refractivity contribution in [2.45, 2.75) is 6.92 Å². The van der Waals surface area contributed by atoms with E-state index in [1.807, 2.05) is 5.21 Å². The third kappa shape index (κ3) is 1.71. The molecular weight excluding hydrogens is 192 g/mol. The molecule has 0 aromatic carbocycles. The lowest BCUT2D eigenvalue weighted by Gasteiger charge is -2.06. The van der Waals surface area contributed by atoms with Crippen LogP contribution in [-0.4, -0.2) is 31.6 Å². The van der Waals surface area contributed by atoms with Gasteiger partial charge in [0.15, 0.2) is 5.03 Å². The molecule has 1 aromatic heterocycles. The van der Waals surface area contributed by atoms with E-state index in [0.717, 1.165) is 0 Å². The Morgan fingerprint density at radius 2 is 2.36 bits per heavy atom. The van der Waals surface area contributed by atoms with Gasteiger partial charge in [0.2, 0.25) is 0 Å². The van der Waals surface area contributed by atoms with Gasteiger partial charge in [-0.2, -0.15) is 5.21 Å². The van der Waals surface area contributed by atoms with Crippen molar-refractivity contribution in [1.29, 1.82) is 0 Å². The van der Waals surface area contributed by atoms with Crippen LogP contribution in [0.5, 0.6) is 0 Å². The molecule has 0 bridgehead atoms. The van der Waals surface area contributed by atoms with Gasteiger partial charge in [0.05, 0.1) is 0 Å². The van der Waals surface area contributed by atoms with Crippen LogP contribution in [0, 0.1) is 10.1 Å². The minimum Gasteiger partial charge on any atom is -0.263 e. The van der Waals surface area contributed by atoms with E-state index in [0.29, 0.717) is 0 Å². The van der Waals surface area contributed by atoms with E-state index in [1.165, 1.54) is 6.92 Å². The molecule has 0 aliphatic rings. The molecule has 9 heteroatoms. The molecule has 0 aliphatic carbocycles. The van der Waals surface area contributed by atoms with Gasteiger partial charge >= 0.3 is 11.9 Å². The summed E-state index contributed by atoms with van der Waals surface area (Å²) in [7, 11) is 0. The number of hydrazine groups is 1. The first-order valence-electron chi connectivity index (χ1n) is 3.41. The van der Waals surface area contributed by atoms with Gasteiger partial charge in [-0.05, 0) is 12.1 Å². The van der Waals surface area contributed by atoms with Crippen LogP contribution in [0.1, 0.15) is 6.92 Å². The fourth-order valence-corrected chi connectivity index (χ4v) is 0.665. The van der Waals surface area contributed by atoms with Crippen molar-refractivity contribution >= 4 is 11.9 Å². The fourth-order valence-electron chi connectivity index (χ4n) is 0.665. The first kappa shape index (κ1) is 9.77. The van der Waals surface area contributed by atoms with Crippen LogP contribution in [0.25, 0.3) is 0 Å². The predicted molar refractivity (Wildman–Crippen MR) is 43.5 cm³/mol. The topological polar surface area (TPSA) is 118 Å². The minimum atomic E-state index is -0.943. The summed E-state index contributed by atoms with van der Waals surface area (Å²) in [5.41, 5.74) is 0.00602. The molecule has 1 rings (SSSR count). The summed E-state index contributed by atoms with van der Waals surface area (Å²) in [4.78, 5) is 21.7. The van der Waals surface area contributed by atoms with Gasteiger partial charge in [-0.25, -0.2) is 10.1 Å². The van der Waals surface area contributed by atoms with Gasteiger partial charge in [-0.1, -0.05) is 11.7 Å². The van der Waals surface area contributed by atoms with Gasteiger partial charge in [0.1, 0.15) is 0 Å². The number of carbonyl (C=O) groups is 1. The summed E-state index contributed by atoms with van der Waals surface area (Å²) < 4.78 is 0. The number of rotatable bonds is 3. The van der Waals surface area contributed by atoms with Crippen LogP contribution in [0.3, 0.4) is 0 Å². The van der Waals surface area contributed by atoms with Crippen LogP contribution in [0.4, 0.5) is 5.95 Å². The molecule has 0 unspecified atom stereocenters. The second-order valence-corrected chi connectivity index (χ2v) is 2.35. The zero-order valence-corrected chi connectivity index (χ0v) is 7.17. The molecular formula is C5H6N6O3. The van der Waals surface area contributed by atoms with Crippen molar-refractivity contribution in [2.75, 3.05) is 5.01 Å². The molecule has 0 saturated heterocycles. The Balaban J connectivity index is 3.03. The maximum absolute atomic E-state index is 11.2. The Bertz CT molecular complexity index is 371. The first-order chi connectivity index (χ1) is 6.54. The van der Waals surface area contributed by atoms with E-state index in [-0.39, 0.29) is 10.6 Å². The highest BCUT2D eigenvalue weighted by molar-refractivity contribution is 6.01. The summed E-state index contributed by atoms with van der Waals surface area (Å²) in [6.07, 6.45) is 0. The third-order valence-corrected chi connectivity index (χ3v) is 1.24. The Morgan fingerprint density at radius 3 is 2.71 bits per heavy atom. The van der Waals surface area contributed by atoms with Gasteiger partial charge in [-0.3, -0.25) is 4.79 Å². The number of anilines is 1. The Labute approximate surface area is 77.5 Å². The number of tetrazole rings is 1. The van der Waals surface area contributed by atoms with Crippen LogP contribution >= 0.6 is 0 Å². The maximum atomic E-state index is 11.2. The molecule has 14 heavy (non-hydrogen) atoms. The number of nitro groups is 1. The molecule has 0 radical (unpaired) electrons. The van der Waals surface area contributed by atoms with Gasteiger partial charge in [-0.15, -0.1) is 5.10 Å². The average molecular weight is 198 g/mol. The van der Waals surface area contributed by atoms with E-state index in [1.54, 1.807) is 0 Å². The van der Waals surface area contributed by atoms with E-state index in [9.17, 15) is 14.9 Å². The number of aromatic amines is 1. The van der Waals surface area contributed by atoms with Gasteiger partial charge < -0.3 is 0 Å². The Hall–Kier alpha value is -2.32. The predicted octanol–water partition coefficient (Wildman–Crippen LogP) is -0.700. The highest BCUT2D eigenvalue weighted by atomic mass is 16.7. The second-order valence-electron chi connectivity index (χ2n) is 2.35. The zero-order valence-electron chi connectivity index (χ0n) is 7.17. The standard InChI is InChI=1S/C5H6N6O3/c1-3(2)4(12)10(11(13)14)5-6-8-9-7-5/h1H2,2H3,(H,6,7,8,9). The number of hydrogen-bond acceptors (Lipinski definition) is 6. The zero-order chi connectivity index (χ0) is 10.7. The van der Waals surface area contributed by atoms with E-state index in [2.05, 4.69) is 22.0 Å². The van der Waals surface area contributed by atoms with E-state index >= 15 is 0 Å². The highest BCUT2D eigenvalue weighted by Gasteiger charge is 2.30. The average Bonchev–Trinajstić information content (AvgIpc) is 2.56. The van der Waals surface area contributed by atoms with Crippen molar-refractivity contribution in [3.05, 3.63) is 22.3 Å². The second kappa shape index (κ2) is 3.60. The van der Waals surface area contributed by atoms with Crippen molar-refractivity contribution in [1.82, 2.24) is 20.6 Å². The SMILES string of the molecule is C=C(C)C(=O)N(c1nn[nH]n1)[N+](=O)[O-]. The smallest absolute Gasteiger partial charge is 0.263 e. The van der Waals surface area contributed by atoms with Crippen LogP contribution in [-0.2, 0) is 4.79 Å². The number of carbonyl (C=O) groups excluding carboxylic acids is 1. The molecule has 74 valence electrons. The lowest BCUT2D eigenvalue weighted by atomic mass is 10.3. The van der Waals surface area contributed by atoms with Crippen LogP contribution < -0.4 is 5.01 Å².